The summed E-state index contributed by atoms with van der Waals surface area (Å²) in [5.41, 5.74) is 0. The van der Waals surface area contributed by atoms with Gasteiger partial charge in [0.15, 0.2) is 0 Å². The van der Waals surface area contributed by atoms with Crippen LogP contribution in [-0.2, 0) is 0 Å². The Bertz CT molecular complexity index is 124. The maximum atomic E-state index is 5.73. The van der Waals surface area contributed by atoms with E-state index in [9.17, 15) is 0 Å². The van der Waals surface area contributed by atoms with Gasteiger partial charge in [-0.3, -0.25) is 0 Å². The maximum absolute atomic E-state index is 5.73. The number of nitrogens with zero attached hydrogens (tertiary/aromatic N) is 1. The van der Waals surface area contributed by atoms with Crippen molar-refractivity contribution in [3.63, 3.8) is 0 Å². The molecule has 1 heterocycles. The third-order valence-corrected chi connectivity index (χ3v) is 2.44. The molecule has 0 aliphatic carbocycles. The summed E-state index contributed by atoms with van der Waals surface area (Å²) < 4.78 is 3.17. The van der Waals surface area contributed by atoms with Crippen LogP contribution in [0.4, 0.5) is 0 Å². The normalized spacial score (nSPS) is 20.4. The third kappa shape index (κ3) is 2.20. The second kappa shape index (κ2) is 3.49. The van der Waals surface area contributed by atoms with Gasteiger partial charge in [-0.15, -0.1) is 0 Å². The fourth-order valence-corrected chi connectivity index (χ4v) is 1.94. The zero-order valence-electron chi connectivity index (χ0n) is 5.43. The number of rotatable bonds is 2. The summed E-state index contributed by atoms with van der Waals surface area (Å²) in [4.78, 5) is 0. The molecule has 0 fully saturated rings. The molecule has 0 N–H and O–H groups in total. The molecule has 1 nitrogen and oxygen atoms in total. The molecule has 1 aliphatic heterocycles. The molecule has 0 unspecified atom stereocenters. The second-order valence-corrected chi connectivity index (χ2v) is 3.76. The molecular weight excluding hydrogens is 154 g/mol. The predicted octanol–water partition coefficient (Wildman–Crippen LogP) is 2.44. The minimum absolute atomic E-state index is 0.920. The summed E-state index contributed by atoms with van der Waals surface area (Å²) in [5.74, 6) is 0. The molecule has 0 aromatic carbocycles. The van der Waals surface area contributed by atoms with Crippen molar-refractivity contribution in [3.05, 3.63) is 10.4 Å². The highest BCUT2D eigenvalue weighted by Crippen LogP contribution is 2.29. The van der Waals surface area contributed by atoms with E-state index in [1.165, 1.54) is 6.42 Å². The van der Waals surface area contributed by atoms with Crippen molar-refractivity contribution in [2.45, 2.75) is 13.3 Å². The van der Waals surface area contributed by atoms with Crippen LogP contribution in [0.15, 0.2) is 10.4 Å². The van der Waals surface area contributed by atoms with E-state index in [1.54, 1.807) is 11.9 Å². The van der Waals surface area contributed by atoms with Gasteiger partial charge in [-0.05, 0) is 24.4 Å². The Labute approximate surface area is 65.2 Å². The van der Waals surface area contributed by atoms with Crippen molar-refractivity contribution in [1.82, 2.24) is 4.31 Å². The minimum Gasteiger partial charge on any atom is -0.242 e. The van der Waals surface area contributed by atoms with Gasteiger partial charge < -0.3 is 0 Å². The Morgan fingerprint density at radius 1 is 1.89 bits per heavy atom. The molecule has 3 heteroatoms. The Morgan fingerprint density at radius 3 is 3.11 bits per heavy atom. The summed E-state index contributed by atoms with van der Waals surface area (Å²) >= 11 is 7.38. The van der Waals surface area contributed by atoms with E-state index in [0.717, 1.165) is 17.5 Å². The lowest BCUT2D eigenvalue weighted by Crippen LogP contribution is -2.11. The fraction of sp³-hybridized carbons (Fsp3) is 0.667. The summed E-state index contributed by atoms with van der Waals surface area (Å²) in [7, 11) is 0. The summed E-state index contributed by atoms with van der Waals surface area (Å²) in [5, 5.41) is 0. The van der Waals surface area contributed by atoms with Crippen molar-refractivity contribution < 1.29 is 0 Å². The quantitative estimate of drug-likeness (QED) is 0.576. The topological polar surface area (TPSA) is 3.24 Å². The maximum Gasteiger partial charge on any atom is 0.0862 e. The molecule has 0 amide bonds. The molecule has 9 heavy (non-hydrogen) atoms. The third-order valence-electron chi connectivity index (χ3n) is 1.14. The fourth-order valence-electron chi connectivity index (χ4n) is 0.758. The van der Waals surface area contributed by atoms with E-state index in [-0.39, 0.29) is 0 Å². The highest BCUT2D eigenvalue weighted by molar-refractivity contribution is 8.02. The molecule has 1 rings (SSSR count). The lowest BCUT2D eigenvalue weighted by molar-refractivity contribution is 0.525. The van der Waals surface area contributed by atoms with E-state index in [0.29, 0.717) is 0 Å². The van der Waals surface area contributed by atoms with Gasteiger partial charge in [-0.2, -0.15) is 0 Å². The Hall–Kier alpha value is 0.340. The zero-order chi connectivity index (χ0) is 6.69. The average molecular weight is 164 g/mol. The standard InChI is InChI=1S/C6H10ClNS/c1-2-4-8-5-3-6(7)9-8/h3H,2,4-5H2,1H3. The molecule has 52 valence electrons. The first-order chi connectivity index (χ1) is 4.33. The van der Waals surface area contributed by atoms with E-state index in [2.05, 4.69) is 11.2 Å². The molecule has 0 spiro atoms. The van der Waals surface area contributed by atoms with Crippen LogP contribution in [0.5, 0.6) is 0 Å². The first-order valence-corrected chi connectivity index (χ1v) is 4.26. The summed E-state index contributed by atoms with van der Waals surface area (Å²) in [6.07, 6.45) is 3.24. The van der Waals surface area contributed by atoms with Crippen LogP contribution in [-0.4, -0.2) is 17.4 Å². The van der Waals surface area contributed by atoms with Gasteiger partial charge in [0.05, 0.1) is 4.36 Å². The summed E-state index contributed by atoms with van der Waals surface area (Å²) in [6.45, 7) is 4.32. The monoisotopic (exact) mass is 163 g/mol. The highest BCUT2D eigenvalue weighted by Gasteiger charge is 2.11. The lowest BCUT2D eigenvalue weighted by Gasteiger charge is -2.10. The molecule has 0 aromatic heterocycles. The van der Waals surface area contributed by atoms with Crippen LogP contribution in [0.2, 0.25) is 0 Å². The molecule has 0 radical (unpaired) electrons. The Morgan fingerprint density at radius 2 is 2.67 bits per heavy atom. The molecule has 0 bridgehead atoms. The molecular formula is C6H10ClNS. The van der Waals surface area contributed by atoms with Crippen LogP contribution >= 0.6 is 23.5 Å². The summed E-state index contributed by atoms with van der Waals surface area (Å²) in [6, 6.07) is 0. The van der Waals surface area contributed by atoms with Crippen molar-refractivity contribution >= 4 is 23.5 Å². The van der Waals surface area contributed by atoms with Crippen LogP contribution in [0.1, 0.15) is 13.3 Å². The molecule has 0 atom stereocenters. The van der Waals surface area contributed by atoms with Crippen LogP contribution < -0.4 is 0 Å². The molecule has 0 aromatic rings. The van der Waals surface area contributed by atoms with Gasteiger partial charge in [-0.25, -0.2) is 4.31 Å². The SMILES string of the molecule is CCCN1CC=C(Cl)S1. The zero-order valence-corrected chi connectivity index (χ0v) is 7.00. The number of hydrogen-bond acceptors (Lipinski definition) is 2. The Kier molecular flexibility index (Phi) is 2.89. The Balaban J connectivity index is 2.21. The van der Waals surface area contributed by atoms with E-state index in [1.807, 2.05) is 6.08 Å². The van der Waals surface area contributed by atoms with E-state index in [4.69, 9.17) is 11.6 Å². The van der Waals surface area contributed by atoms with Gasteiger partial charge in [0.2, 0.25) is 0 Å². The first-order valence-electron chi connectivity index (χ1n) is 3.11. The van der Waals surface area contributed by atoms with Crippen molar-refractivity contribution in [2.75, 3.05) is 13.1 Å². The number of hydrogen-bond donors (Lipinski definition) is 0. The average Bonchev–Trinajstić information content (AvgIpc) is 2.17. The predicted molar refractivity (Wildman–Crippen MR) is 43.4 cm³/mol. The van der Waals surface area contributed by atoms with Gasteiger partial charge in [0.1, 0.15) is 0 Å². The lowest BCUT2D eigenvalue weighted by atomic mass is 10.5. The van der Waals surface area contributed by atoms with Crippen molar-refractivity contribution in [3.8, 4) is 0 Å². The number of halogens is 1. The van der Waals surface area contributed by atoms with Crippen molar-refractivity contribution in [2.24, 2.45) is 0 Å². The molecule has 0 saturated heterocycles. The smallest absolute Gasteiger partial charge is 0.0862 e. The van der Waals surface area contributed by atoms with E-state index < -0.39 is 0 Å². The van der Waals surface area contributed by atoms with Gasteiger partial charge in [-0.1, -0.05) is 18.5 Å². The van der Waals surface area contributed by atoms with Gasteiger partial charge in [0.25, 0.3) is 0 Å². The minimum atomic E-state index is 0.920. The van der Waals surface area contributed by atoms with Crippen molar-refractivity contribution in [1.29, 1.82) is 0 Å². The second-order valence-electron chi connectivity index (χ2n) is 1.99. The van der Waals surface area contributed by atoms with Crippen LogP contribution in [0.3, 0.4) is 0 Å². The molecule has 1 aliphatic rings. The van der Waals surface area contributed by atoms with Crippen LogP contribution in [0, 0.1) is 0 Å². The largest absolute Gasteiger partial charge is 0.242 e. The first kappa shape index (κ1) is 7.45. The highest BCUT2D eigenvalue weighted by atomic mass is 35.5. The van der Waals surface area contributed by atoms with Gasteiger partial charge >= 0.3 is 0 Å². The van der Waals surface area contributed by atoms with E-state index >= 15 is 0 Å². The van der Waals surface area contributed by atoms with Crippen LogP contribution in [0.25, 0.3) is 0 Å². The van der Waals surface area contributed by atoms with Gasteiger partial charge in [0, 0.05) is 13.1 Å². The molecule has 0 saturated carbocycles.